The van der Waals surface area contributed by atoms with Crippen molar-refractivity contribution in [2.75, 3.05) is 6.61 Å². The third-order valence-electron chi connectivity index (χ3n) is 3.71. The third kappa shape index (κ3) is 2.83. The zero-order valence-electron chi connectivity index (χ0n) is 12.3. The Kier molecular flexibility index (Phi) is 3.75. The standard InChI is InChI=1S/C16H19N3O2/c1-3-21-16(20)15-13-9-19(10-14(13)17-18-15)8-12-6-4-11(2)5-7-12/h4-7H,3,8-10H2,1-2H3,(H,17,18). The Labute approximate surface area is 123 Å². The lowest BCUT2D eigenvalue weighted by Gasteiger charge is -2.15. The summed E-state index contributed by atoms with van der Waals surface area (Å²) in [6, 6.07) is 8.53. The molecule has 0 aliphatic carbocycles. The maximum Gasteiger partial charge on any atom is 0.359 e. The Bertz CT molecular complexity index is 646. The number of hydrogen-bond donors (Lipinski definition) is 1. The number of rotatable bonds is 4. The van der Waals surface area contributed by atoms with Crippen molar-refractivity contribution in [2.45, 2.75) is 33.5 Å². The molecule has 5 heteroatoms. The van der Waals surface area contributed by atoms with Crippen LogP contribution < -0.4 is 0 Å². The molecule has 5 nitrogen and oxygen atoms in total. The Morgan fingerprint density at radius 2 is 2.10 bits per heavy atom. The van der Waals surface area contributed by atoms with Gasteiger partial charge in [0.05, 0.1) is 12.3 Å². The van der Waals surface area contributed by atoms with Gasteiger partial charge >= 0.3 is 5.97 Å². The number of fused-ring (bicyclic) bond motifs is 1. The molecule has 2 aromatic rings. The van der Waals surface area contributed by atoms with E-state index in [0.29, 0.717) is 12.3 Å². The van der Waals surface area contributed by atoms with Crippen molar-refractivity contribution in [3.8, 4) is 0 Å². The molecular formula is C16H19N3O2. The fourth-order valence-electron chi connectivity index (χ4n) is 2.64. The molecule has 0 bridgehead atoms. The van der Waals surface area contributed by atoms with Crippen LogP contribution in [-0.4, -0.2) is 27.7 Å². The first-order chi connectivity index (χ1) is 10.2. The predicted molar refractivity (Wildman–Crippen MR) is 78.7 cm³/mol. The van der Waals surface area contributed by atoms with Crippen LogP contribution in [0, 0.1) is 6.92 Å². The molecule has 1 aromatic carbocycles. The molecule has 0 saturated carbocycles. The van der Waals surface area contributed by atoms with Crippen molar-refractivity contribution in [1.29, 1.82) is 0 Å². The minimum absolute atomic E-state index is 0.341. The second-order valence-electron chi connectivity index (χ2n) is 5.38. The van der Waals surface area contributed by atoms with E-state index in [1.807, 2.05) is 0 Å². The van der Waals surface area contributed by atoms with E-state index in [-0.39, 0.29) is 5.97 Å². The van der Waals surface area contributed by atoms with Gasteiger partial charge in [-0.05, 0) is 19.4 Å². The summed E-state index contributed by atoms with van der Waals surface area (Å²) in [5, 5.41) is 7.04. The molecule has 3 rings (SSSR count). The summed E-state index contributed by atoms with van der Waals surface area (Å²) < 4.78 is 5.04. The lowest BCUT2D eigenvalue weighted by molar-refractivity contribution is 0.0517. The van der Waals surface area contributed by atoms with Crippen molar-refractivity contribution in [1.82, 2.24) is 15.1 Å². The molecule has 0 fully saturated rings. The van der Waals surface area contributed by atoms with Gasteiger partial charge < -0.3 is 4.74 Å². The van der Waals surface area contributed by atoms with Crippen LogP contribution in [0.25, 0.3) is 0 Å². The molecule has 21 heavy (non-hydrogen) atoms. The van der Waals surface area contributed by atoms with Gasteiger partial charge in [0.2, 0.25) is 0 Å². The number of esters is 1. The summed E-state index contributed by atoms with van der Waals surface area (Å²) in [7, 11) is 0. The van der Waals surface area contributed by atoms with E-state index in [0.717, 1.165) is 30.9 Å². The number of nitrogens with one attached hydrogen (secondary N) is 1. The van der Waals surface area contributed by atoms with Crippen molar-refractivity contribution in [3.05, 3.63) is 52.3 Å². The Morgan fingerprint density at radius 1 is 1.33 bits per heavy atom. The SMILES string of the molecule is CCOC(=O)c1n[nH]c2c1CN(Cc1ccc(C)cc1)C2. The first-order valence-corrected chi connectivity index (χ1v) is 7.18. The molecule has 1 aromatic heterocycles. The largest absolute Gasteiger partial charge is 0.461 e. The summed E-state index contributed by atoms with van der Waals surface area (Å²) in [5.41, 5.74) is 4.96. The molecule has 0 spiro atoms. The van der Waals surface area contributed by atoms with Gasteiger partial charge in [-0.1, -0.05) is 29.8 Å². The van der Waals surface area contributed by atoms with Crippen molar-refractivity contribution < 1.29 is 9.53 Å². The van der Waals surface area contributed by atoms with Gasteiger partial charge in [-0.2, -0.15) is 5.10 Å². The molecule has 110 valence electrons. The van der Waals surface area contributed by atoms with Gasteiger partial charge in [-0.3, -0.25) is 10.00 Å². The first-order valence-electron chi connectivity index (χ1n) is 7.18. The van der Waals surface area contributed by atoms with Gasteiger partial charge in [0.1, 0.15) is 0 Å². The van der Waals surface area contributed by atoms with Gasteiger partial charge in [0.15, 0.2) is 5.69 Å². The van der Waals surface area contributed by atoms with Crippen molar-refractivity contribution in [3.63, 3.8) is 0 Å². The highest BCUT2D eigenvalue weighted by Gasteiger charge is 2.28. The van der Waals surface area contributed by atoms with E-state index in [1.54, 1.807) is 6.92 Å². The lowest BCUT2D eigenvalue weighted by atomic mass is 10.1. The Morgan fingerprint density at radius 3 is 2.81 bits per heavy atom. The quantitative estimate of drug-likeness (QED) is 0.876. The summed E-state index contributed by atoms with van der Waals surface area (Å²) in [4.78, 5) is 14.1. The number of H-pyrrole nitrogens is 1. The number of carbonyl (C=O) groups excluding carboxylic acids is 1. The minimum Gasteiger partial charge on any atom is -0.461 e. The smallest absolute Gasteiger partial charge is 0.359 e. The minimum atomic E-state index is -0.341. The van der Waals surface area contributed by atoms with Gasteiger partial charge in [0.25, 0.3) is 0 Å². The fraction of sp³-hybridized carbons (Fsp3) is 0.375. The highest BCUT2D eigenvalue weighted by atomic mass is 16.5. The number of nitrogens with zero attached hydrogens (tertiary/aromatic N) is 2. The van der Waals surface area contributed by atoms with Crippen LogP contribution >= 0.6 is 0 Å². The lowest BCUT2D eigenvalue weighted by Crippen LogP contribution is -2.17. The van der Waals surface area contributed by atoms with Crippen LogP contribution in [0.5, 0.6) is 0 Å². The molecule has 0 amide bonds. The van der Waals surface area contributed by atoms with E-state index in [9.17, 15) is 4.79 Å². The molecule has 1 aliphatic heterocycles. The van der Waals surface area contributed by atoms with Crippen molar-refractivity contribution in [2.24, 2.45) is 0 Å². The van der Waals surface area contributed by atoms with E-state index in [4.69, 9.17) is 4.74 Å². The van der Waals surface area contributed by atoms with Crippen LogP contribution in [0.3, 0.4) is 0 Å². The summed E-state index contributed by atoms with van der Waals surface area (Å²) in [6.45, 7) is 6.64. The monoisotopic (exact) mass is 285 g/mol. The van der Waals surface area contributed by atoms with Crippen LogP contribution in [0.2, 0.25) is 0 Å². The van der Waals surface area contributed by atoms with E-state index in [2.05, 4.69) is 46.3 Å². The number of hydrogen-bond acceptors (Lipinski definition) is 4. The molecule has 1 N–H and O–H groups in total. The highest BCUT2D eigenvalue weighted by molar-refractivity contribution is 5.89. The first kappa shape index (κ1) is 13.8. The van der Waals surface area contributed by atoms with E-state index in [1.165, 1.54) is 11.1 Å². The zero-order chi connectivity index (χ0) is 14.8. The summed E-state index contributed by atoms with van der Waals surface area (Å²) in [6.07, 6.45) is 0. The van der Waals surface area contributed by atoms with Gasteiger partial charge in [0, 0.05) is 25.2 Å². The maximum atomic E-state index is 11.8. The second-order valence-corrected chi connectivity index (χ2v) is 5.38. The summed E-state index contributed by atoms with van der Waals surface area (Å²) in [5.74, 6) is -0.341. The molecule has 2 heterocycles. The number of aromatic amines is 1. The molecular weight excluding hydrogens is 266 g/mol. The number of aromatic nitrogens is 2. The van der Waals surface area contributed by atoms with E-state index < -0.39 is 0 Å². The van der Waals surface area contributed by atoms with Gasteiger partial charge in [-0.25, -0.2) is 4.79 Å². The Balaban J connectivity index is 1.70. The number of ether oxygens (including phenoxy) is 1. The van der Waals surface area contributed by atoms with Crippen LogP contribution in [0.4, 0.5) is 0 Å². The predicted octanol–water partition coefficient (Wildman–Crippen LogP) is 2.41. The molecule has 0 radical (unpaired) electrons. The molecule has 0 unspecified atom stereocenters. The summed E-state index contributed by atoms with van der Waals surface area (Å²) >= 11 is 0. The number of carbonyl (C=O) groups is 1. The van der Waals surface area contributed by atoms with Crippen LogP contribution in [-0.2, 0) is 24.4 Å². The van der Waals surface area contributed by atoms with Crippen molar-refractivity contribution >= 4 is 5.97 Å². The molecule has 0 saturated heterocycles. The average Bonchev–Trinajstić information content (AvgIpc) is 3.01. The number of benzene rings is 1. The third-order valence-corrected chi connectivity index (χ3v) is 3.71. The van der Waals surface area contributed by atoms with Gasteiger partial charge in [-0.15, -0.1) is 0 Å². The highest BCUT2D eigenvalue weighted by Crippen LogP contribution is 2.25. The molecule has 1 aliphatic rings. The number of aryl methyl sites for hydroxylation is 1. The topological polar surface area (TPSA) is 58.2 Å². The maximum absolute atomic E-state index is 11.8. The van der Waals surface area contributed by atoms with Crippen LogP contribution in [0.15, 0.2) is 24.3 Å². The van der Waals surface area contributed by atoms with Crippen LogP contribution in [0.1, 0.15) is 39.8 Å². The zero-order valence-corrected chi connectivity index (χ0v) is 12.3. The average molecular weight is 285 g/mol. The molecule has 0 atom stereocenters. The second kappa shape index (κ2) is 5.69. The Hall–Kier alpha value is -2.14. The van der Waals surface area contributed by atoms with E-state index >= 15 is 0 Å². The fourth-order valence-corrected chi connectivity index (χ4v) is 2.64. The normalized spacial score (nSPS) is 14.2.